The van der Waals surface area contributed by atoms with Crippen LogP contribution in [-0.4, -0.2) is 30.2 Å². The predicted molar refractivity (Wildman–Crippen MR) is 78.8 cm³/mol. The van der Waals surface area contributed by atoms with Crippen molar-refractivity contribution in [3.8, 4) is 0 Å². The van der Waals surface area contributed by atoms with Crippen molar-refractivity contribution in [2.24, 2.45) is 0 Å². The molecule has 2 aromatic rings. The first kappa shape index (κ1) is 12.2. The van der Waals surface area contributed by atoms with Crippen LogP contribution >= 0.6 is 0 Å². The number of piperazine rings is 1. The largest absolute Gasteiger partial charge is 0.355 e. The van der Waals surface area contributed by atoms with Gasteiger partial charge in [-0.1, -0.05) is 18.2 Å². The summed E-state index contributed by atoms with van der Waals surface area (Å²) in [6, 6.07) is 10.6. The molecule has 1 fully saturated rings. The Kier molecular flexibility index (Phi) is 3.03. The van der Waals surface area contributed by atoms with Gasteiger partial charge in [0.1, 0.15) is 5.82 Å². The van der Waals surface area contributed by atoms with Crippen LogP contribution in [0.15, 0.2) is 35.1 Å². The normalized spacial score (nSPS) is 23.8. The van der Waals surface area contributed by atoms with E-state index in [1.54, 1.807) is 0 Å². The number of aromatic nitrogens is 1. The number of H-pyrrole nitrogens is 1. The van der Waals surface area contributed by atoms with E-state index in [2.05, 4.69) is 35.1 Å². The second-order valence-corrected chi connectivity index (χ2v) is 5.44. The molecule has 2 heterocycles. The van der Waals surface area contributed by atoms with E-state index in [4.69, 9.17) is 0 Å². The molecule has 100 valence electrons. The average molecular weight is 257 g/mol. The highest BCUT2D eigenvalue weighted by Gasteiger charge is 2.21. The van der Waals surface area contributed by atoms with Gasteiger partial charge in [-0.25, -0.2) is 0 Å². The first-order valence-corrected chi connectivity index (χ1v) is 6.76. The summed E-state index contributed by atoms with van der Waals surface area (Å²) in [7, 11) is 0. The van der Waals surface area contributed by atoms with Gasteiger partial charge in [0.05, 0.1) is 0 Å². The van der Waals surface area contributed by atoms with E-state index in [0.29, 0.717) is 12.1 Å². The van der Waals surface area contributed by atoms with E-state index < -0.39 is 0 Å². The van der Waals surface area contributed by atoms with Gasteiger partial charge >= 0.3 is 0 Å². The first-order chi connectivity index (χ1) is 9.13. The molecule has 1 aliphatic rings. The van der Waals surface area contributed by atoms with Crippen LogP contribution in [0.2, 0.25) is 0 Å². The topological polar surface area (TPSA) is 48.1 Å². The molecule has 0 saturated carbocycles. The molecule has 1 aromatic carbocycles. The minimum atomic E-state index is -0.00746. The molecule has 1 aliphatic heterocycles. The Balaban J connectivity index is 2.03. The third-order valence-corrected chi connectivity index (χ3v) is 3.64. The lowest BCUT2D eigenvalue weighted by atomic mass is 10.1. The molecule has 4 heteroatoms. The van der Waals surface area contributed by atoms with E-state index in [-0.39, 0.29) is 5.56 Å². The summed E-state index contributed by atoms with van der Waals surface area (Å²) < 4.78 is 0. The number of hydrogen-bond acceptors (Lipinski definition) is 3. The van der Waals surface area contributed by atoms with Crippen LogP contribution in [0, 0.1) is 0 Å². The van der Waals surface area contributed by atoms with E-state index >= 15 is 0 Å². The van der Waals surface area contributed by atoms with Crippen molar-refractivity contribution in [1.82, 2.24) is 10.3 Å². The van der Waals surface area contributed by atoms with Crippen molar-refractivity contribution in [3.05, 3.63) is 40.7 Å². The fourth-order valence-electron chi connectivity index (χ4n) is 2.89. The lowest BCUT2D eigenvalue weighted by Gasteiger charge is -2.37. The molecular weight excluding hydrogens is 238 g/mol. The van der Waals surface area contributed by atoms with Gasteiger partial charge in [-0.05, 0) is 31.4 Å². The second kappa shape index (κ2) is 4.70. The Morgan fingerprint density at radius 2 is 1.84 bits per heavy atom. The van der Waals surface area contributed by atoms with Crippen molar-refractivity contribution in [1.29, 1.82) is 0 Å². The van der Waals surface area contributed by atoms with Gasteiger partial charge in [-0.3, -0.25) is 4.79 Å². The number of nitrogens with one attached hydrogen (secondary N) is 2. The van der Waals surface area contributed by atoms with Crippen LogP contribution in [0.1, 0.15) is 13.8 Å². The Morgan fingerprint density at radius 1 is 1.16 bits per heavy atom. The van der Waals surface area contributed by atoms with E-state index in [0.717, 1.165) is 29.7 Å². The minimum Gasteiger partial charge on any atom is -0.355 e. The lowest BCUT2D eigenvalue weighted by Crippen LogP contribution is -2.54. The van der Waals surface area contributed by atoms with Crippen molar-refractivity contribution >= 4 is 16.6 Å². The van der Waals surface area contributed by atoms with Gasteiger partial charge in [-0.2, -0.15) is 0 Å². The Hall–Kier alpha value is -1.81. The average Bonchev–Trinajstić information content (AvgIpc) is 2.37. The van der Waals surface area contributed by atoms with Crippen molar-refractivity contribution in [2.45, 2.75) is 25.9 Å². The quantitative estimate of drug-likeness (QED) is 0.817. The van der Waals surface area contributed by atoms with Gasteiger partial charge in [0, 0.05) is 30.6 Å². The highest BCUT2D eigenvalue weighted by atomic mass is 16.1. The molecule has 4 nitrogen and oxygen atoms in total. The van der Waals surface area contributed by atoms with Crippen LogP contribution in [0.4, 0.5) is 5.82 Å². The molecule has 19 heavy (non-hydrogen) atoms. The van der Waals surface area contributed by atoms with E-state index in [9.17, 15) is 4.79 Å². The minimum absolute atomic E-state index is 0.00746. The predicted octanol–water partition coefficient (Wildman–Crippen LogP) is 1.71. The lowest BCUT2D eigenvalue weighted by molar-refractivity contribution is 0.405. The fourth-order valence-corrected chi connectivity index (χ4v) is 2.89. The van der Waals surface area contributed by atoms with Crippen molar-refractivity contribution in [2.75, 3.05) is 18.0 Å². The molecule has 0 radical (unpaired) electrons. The molecule has 1 saturated heterocycles. The molecule has 0 spiro atoms. The molecule has 3 rings (SSSR count). The zero-order valence-corrected chi connectivity index (χ0v) is 11.3. The number of pyridine rings is 1. The summed E-state index contributed by atoms with van der Waals surface area (Å²) >= 11 is 0. The number of benzene rings is 1. The smallest absolute Gasteiger partial charge is 0.257 e. The SMILES string of the molecule is C[C@@H]1CN(c2cc3ccccc3c(=O)[nH]2)C[C@H](C)N1. The van der Waals surface area contributed by atoms with Gasteiger partial charge in [0.2, 0.25) is 0 Å². The fraction of sp³-hybridized carbons (Fsp3) is 0.400. The molecule has 2 N–H and O–H groups in total. The molecule has 0 unspecified atom stereocenters. The first-order valence-electron chi connectivity index (χ1n) is 6.76. The monoisotopic (exact) mass is 257 g/mol. The standard InChI is InChI=1S/C15H19N3O/c1-10-8-18(9-11(2)16-10)14-7-12-5-3-4-6-13(12)15(19)17-14/h3-7,10-11,16H,8-9H2,1-2H3,(H,17,19)/t10-,11+. The Labute approximate surface area is 112 Å². The summed E-state index contributed by atoms with van der Waals surface area (Å²) in [5.41, 5.74) is -0.00746. The van der Waals surface area contributed by atoms with Crippen LogP contribution in [0.5, 0.6) is 0 Å². The second-order valence-electron chi connectivity index (χ2n) is 5.44. The summed E-state index contributed by atoms with van der Waals surface area (Å²) in [6.45, 7) is 6.17. The molecular formula is C15H19N3O. The highest BCUT2D eigenvalue weighted by molar-refractivity contribution is 5.83. The number of fused-ring (bicyclic) bond motifs is 1. The van der Waals surface area contributed by atoms with Gasteiger partial charge in [0.25, 0.3) is 5.56 Å². The van der Waals surface area contributed by atoms with Gasteiger partial charge in [-0.15, -0.1) is 0 Å². The zero-order chi connectivity index (χ0) is 13.4. The summed E-state index contributed by atoms with van der Waals surface area (Å²) in [6.07, 6.45) is 0. The number of rotatable bonds is 1. The maximum absolute atomic E-state index is 12.1. The maximum Gasteiger partial charge on any atom is 0.257 e. The Bertz CT molecular complexity index is 639. The van der Waals surface area contributed by atoms with Crippen molar-refractivity contribution < 1.29 is 0 Å². The Morgan fingerprint density at radius 3 is 2.58 bits per heavy atom. The van der Waals surface area contributed by atoms with Crippen LogP contribution in [0.3, 0.4) is 0 Å². The van der Waals surface area contributed by atoms with Crippen LogP contribution in [0.25, 0.3) is 10.8 Å². The maximum atomic E-state index is 12.1. The van der Waals surface area contributed by atoms with E-state index in [1.807, 2.05) is 24.3 Å². The molecule has 0 aliphatic carbocycles. The van der Waals surface area contributed by atoms with Gasteiger partial charge < -0.3 is 15.2 Å². The zero-order valence-electron chi connectivity index (χ0n) is 11.3. The number of anilines is 1. The summed E-state index contributed by atoms with van der Waals surface area (Å²) in [5, 5.41) is 5.25. The molecule has 1 aromatic heterocycles. The third kappa shape index (κ3) is 2.36. The molecule has 0 amide bonds. The number of hydrogen-bond donors (Lipinski definition) is 2. The number of aromatic amines is 1. The van der Waals surface area contributed by atoms with Crippen molar-refractivity contribution in [3.63, 3.8) is 0 Å². The van der Waals surface area contributed by atoms with Crippen LogP contribution in [-0.2, 0) is 0 Å². The summed E-state index contributed by atoms with van der Waals surface area (Å²) in [5.74, 6) is 0.920. The van der Waals surface area contributed by atoms with Crippen LogP contribution < -0.4 is 15.8 Å². The molecule has 0 bridgehead atoms. The molecule has 2 atom stereocenters. The summed E-state index contributed by atoms with van der Waals surface area (Å²) in [4.78, 5) is 17.4. The number of nitrogens with zero attached hydrogens (tertiary/aromatic N) is 1. The van der Waals surface area contributed by atoms with Gasteiger partial charge in [0.15, 0.2) is 0 Å². The highest BCUT2D eigenvalue weighted by Crippen LogP contribution is 2.18. The van der Waals surface area contributed by atoms with E-state index in [1.165, 1.54) is 0 Å². The third-order valence-electron chi connectivity index (χ3n) is 3.64.